The molecule has 0 amide bonds. The summed E-state index contributed by atoms with van der Waals surface area (Å²) >= 11 is 1.11. The van der Waals surface area contributed by atoms with Crippen LogP contribution in [0.2, 0.25) is 0 Å². The Morgan fingerprint density at radius 2 is 2.20 bits per heavy atom. The lowest BCUT2D eigenvalue weighted by molar-refractivity contribution is -0.114. The molecule has 0 heterocycles. The van der Waals surface area contributed by atoms with E-state index in [1.807, 2.05) is 0 Å². The fourth-order valence-electron chi connectivity index (χ4n) is 0.476. The Morgan fingerprint density at radius 3 is 2.30 bits per heavy atom. The van der Waals surface area contributed by atoms with E-state index in [9.17, 15) is 9.36 Å². The van der Waals surface area contributed by atoms with Crippen LogP contribution in [0.3, 0.4) is 0 Å². The number of ketones is 1. The van der Waals surface area contributed by atoms with Gasteiger partial charge in [-0.3, -0.25) is 9.36 Å². The van der Waals surface area contributed by atoms with Gasteiger partial charge in [0.05, 0.1) is 6.16 Å². The van der Waals surface area contributed by atoms with E-state index in [1.165, 1.54) is 14.0 Å². The van der Waals surface area contributed by atoms with Crippen molar-refractivity contribution in [3.8, 4) is 0 Å². The molecule has 0 radical (unpaired) electrons. The number of Topliss-reactive ketones (excluding diaryl/α,β-unsaturated/α-hetero) is 1. The van der Waals surface area contributed by atoms with Gasteiger partial charge in [0.15, 0.2) is 0 Å². The van der Waals surface area contributed by atoms with Gasteiger partial charge >= 0.3 is 0 Å². The second-order valence-electron chi connectivity index (χ2n) is 1.84. The molecule has 1 atom stereocenters. The topological polar surface area (TPSA) is 43.4 Å². The van der Waals surface area contributed by atoms with E-state index in [2.05, 4.69) is 0 Å². The summed E-state index contributed by atoms with van der Waals surface area (Å²) in [6.07, 6.45) is 1.71. The standard InChI is InChI=1S/C5H11O3PS/c1-5(6)4-9(7,8-2)10-3/h4H2,1-3H3. The molecule has 0 aliphatic carbocycles. The second-order valence-corrected chi connectivity index (χ2v) is 6.87. The molecule has 0 fully saturated rings. The van der Waals surface area contributed by atoms with E-state index in [1.54, 1.807) is 6.26 Å². The average molecular weight is 182 g/mol. The zero-order valence-electron chi connectivity index (χ0n) is 6.29. The first-order valence-corrected chi connectivity index (χ1v) is 6.38. The molecule has 0 aliphatic rings. The van der Waals surface area contributed by atoms with E-state index in [-0.39, 0.29) is 11.9 Å². The molecule has 0 aromatic heterocycles. The van der Waals surface area contributed by atoms with Gasteiger partial charge in [0, 0.05) is 7.11 Å². The van der Waals surface area contributed by atoms with Crippen LogP contribution in [0, 0.1) is 0 Å². The molecule has 0 N–H and O–H groups in total. The molecule has 60 valence electrons. The van der Waals surface area contributed by atoms with Gasteiger partial charge < -0.3 is 4.52 Å². The highest BCUT2D eigenvalue weighted by atomic mass is 32.7. The summed E-state index contributed by atoms with van der Waals surface area (Å²) in [5.74, 6) is -0.0977. The lowest BCUT2D eigenvalue weighted by Gasteiger charge is -2.09. The summed E-state index contributed by atoms with van der Waals surface area (Å²) in [5, 5.41) is 0. The molecule has 0 spiro atoms. The number of hydrogen-bond donors (Lipinski definition) is 0. The van der Waals surface area contributed by atoms with Crippen LogP contribution in [-0.2, 0) is 13.9 Å². The van der Waals surface area contributed by atoms with Crippen LogP contribution in [0.15, 0.2) is 0 Å². The van der Waals surface area contributed by atoms with Crippen molar-refractivity contribution >= 4 is 23.7 Å². The minimum absolute atomic E-state index is 0.0324. The quantitative estimate of drug-likeness (QED) is 0.621. The van der Waals surface area contributed by atoms with Crippen LogP contribution in [0.1, 0.15) is 6.92 Å². The largest absolute Gasteiger partial charge is 0.324 e. The molecule has 0 aromatic rings. The van der Waals surface area contributed by atoms with Gasteiger partial charge in [-0.1, -0.05) is 11.4 Å². The lowest BCUT2D eigenvalue weighted by Crippen LogP contribution is -1.98. The summed E-state index contributed by atoms with van der Waals surface area (Å²) in [6, 6.07) is 0. The molecule has 0 saturated heterocycles. The third-order valence-electron chi connectivity index (χ3n) is 0.973. The van der Waals surface area contributed by atoms with E-state index >= 15 is 0 Å². The highest BCUT2D eigenvalue weighted by Gasteiger charge is 2.21. The van der Waals surface area contributed by atoms with Crippen molar-refractivity contribution in [1.29, 1.82) is 0 Å². The van der Waals surface area contributed by atoms with Gasteiger partial charge in [-0.25, -0.2) is 0 Å². The molecule has 5 heteroatoms. The smallest absolute Gasteiger partial charge is 0.264 e. The maximum atomic E-state index is 11.3. The van der Waals surface area contributed by atoms with Gasteiger partial charge in [0.1, 0.15) is 5.78 Å². The predicted octanol–water partition coefficient (Wildman–Crippen LogP) is 1.78. The van der Waals surface area contributed by atoms with Crippen molar-refractivity contribution < 1.29 is 13.9 Å². The second kappa shape index (κ2) is 4.16. The fraction of sp³-hybridized carbons (Fsp3) is 0.800. The maximum absolute atomic E-state index is 11.3. The first-order valence-electron chi connectivity index (χ1n) is 2.74. The number of carbonyl (C=O) groups is 1. The minimum atomic E-state index is -2.67. The normalized spacial score (nSPS) is 16.3. The Kier molecular flexibility index (Phi) is 4.25. The van der Waals surface area contributed by atoms with E-state index < -0.39 is 6.57 Å². The summed E-state index contributed by atoms with van der Waals surface area (Å²) in [6.45, 7) is -1.27. The summed E-state index contributed by atoms with van der Waals surface area (Å²) in [7, 11) is 1.36. The van der Waals surface area contributed by atoms with Crippen LogP contribution in [-0.4, -0.2) is 25.3 Å². The van der Waals surface area contributed by atoms with Gasteiger partial charge in [-0.05, 0) is 13.2 Å². The average Bonchev–Trinajstić information content (AvgIpc) is 1.87. The molecule has 3 nitrogen and oxygen atoms in total. The zero-order chi connectivity index (χ0) is 8.20. The van der Waals surface area contributed by atoms with Crippen molar-refractivity contribution in [2.24, 2.45) is 0 Å². The molecule has 0 aliphatic heterocycles. The fourth-order valence-corrected chi connectivity index (χ4v) is 2.81. The summed E-state index contributed by atoms with van der Waals surface area (Å²) in [4.78, 5) is 10.5. The number of rotatable bonds is 4. The van der Waals surface area contributed by atoms with Crippen LogP contribution in [0.5, 0.6) is 0 Å². The molecule has 0 aromatic carbocycles. The molecule has 1 unspecified atom stereocenters. The van der Waals surface area contributed by atoms with Crippen molar-refractivity contribution in [2.45, 2.75) is 6.92 Å². The highest BCUT2D eigenvalue weighted by Crippen LogP contribution is 2.57. The number of hydrogen-bond acceptors (Lipinski definition) is 4. The Labute approximate surface area is 64.7 Å². The third kappa shape index (κ3) is 3.40. The first-order chi connectivity index (χ1) is 4.54. The third-order valence-corrected chi connectivity index (χ3v) is 5.42. The molecule has 0 saturated carbocycles. The minimum Gasteiger partial charge on any atom is -0.324 e. The van der Waals surface area contributed by atoms with Crippen LogP contribution >= 0.6 is 18.0 Å². The monoisotopic (exact) mass is 182 g/mol. The molecule has 10 heavy (non-hydrogen) atoms. The molecular weight excluding hydrogens is 171 g/mol. The van der Waals surface area contributed by atoms with E-state index in [0.717, 1.165) is 11.4 Å². The van der Waals surface area contributed by atoms with Crippen LogP contribution < -0.4 is 0 Å². The van der Waals surface area contributed by atoms with Crippen molar-refractivity contribution in [2.75, 3.05) is 19.5 Å². The Hall–Kier alpha value is 0.210. The Balaban J connectivity index is 4.07. The van der Waals surface area contributed by atoms with Gasteiger partial charge in [0.25, 0.3) is 6.57 Å². The SMILES string of the molecule is COP(=O)(CC(C)=O)SC. The van der Waals surface area contributed by atoms with Crippen molar-refractivity contribution in [3.63, 3.8) is 0 Å². The van der Waals surface area contributed by atoms with E-state index in [0.29, 0.717) is 0 Å². The zero-order valence-corrected chi connectivity index (χ0v) is 8.00. The highest BCUT2D eigenvalue weighted by molar-refractivity contribution is 8.56. The van der Waals surface area contributed by atoms with Gasteiger partial charge in [-0.15, -0.1) is 0 Å². The molecular formula is C5H11O3PS. The van der Waals surface area contributed by atoms with Crippen molar-refractivity contribution in [1.82, 2.24) is 0 Å². The predicted molar refractivity (Wildman–Crippen MR) is 43.7 cm³/mol. The van der Waals surface area contributed by atoms with Gasteiger partial charge in [0.2, 0.25) is 0 Å². The molecule has 0 bridgehead atoms. The van der Waals surface area contributed by atoms with Crippen molar-refractivity contribution in [3.05, 3.63) is 0 Å². The van der Waals surface area contributed by atoms with Gasteiger partial charge in [-0.2, -0.15) is 0 Å². The summed E-state index contributed by atoms with van der Waals surface area (Å²) < 4.78 is 16.0. The van der Waals surface area contributed by atoms with Crippen LogP contribution in [0.4, 0.5) is 0 Å². The Bertz CT molecular complexity index is 160. The van der Waals surface area contributed by atoms with Crippen LogP contribution in [0.25, 0.3) is 0 Å². The Morgan fingerprint density at radius 1 is 1.70 bits per heavy atom. The molecule has 0 rings (SSSR count). The lowest BCUT2D eigenvalue weighted by atomic mass is 10.5. The first kappa shape index (κ1) is 10.2. The summed E-state index contributed by atoms with van der Waals surface area (Å²) in [5.41, 5.74) is 0. The number of carbonyl (C=O) groups excluding carboxylic acids is 1. The van der Waals surface area contributed by atoms with E-state index in [4.69, 9.17) is 4.52 Å². The maximum Gasteiger partial charge on any atom is 0.264 e.